The maximum atomic E-state index is 13.9. The van der Waals surface area contributed by atoms with Crippen molar-refractivity contribution in [2.45, 2.75) is 69.1 Å². The molecule has 8 nitrogen and oxygen atoms in total. The Morgan fingerprint density at radius 2 is 1.66 bits per heavy atom. The van der Waals surface area contributed by atoms with Gasteiger partial charge in [-0.3, -0.25) is 9.59 Å². The van der Waals surface area contributed by atoms with Gasteiger partial charge in [-0.05, 0) is 70.7 Å². The maximum absolute atomic E-state index is 13.9. The van der Waals surface area contributed by atoms with Crippen LogP contribution in [0.5, 0.6) is 0 Å². The summed E-state index contributed by atoms with van der Waals surface area (Å²) in [6.45, 7) is 11.4. The molecule has 0 aliphatic carbocycles. The summed E-state index contributed by atoms with van der Waals surface area (Å²) in [7, 11) is -2.36. The summed E-state index contributed by atoms with van der Waals surface area (Å²) in [6.07, 6.45) is 2.81. The van der Waals surface area contributed by atoms with E-state index >= 15 is 0 Å². The van der Waals surface area contributed by atoms with Gasteiger partial charge in [-0.25, -0.2) is 8.42 Å². The van der Waals surface area contributed by atoms with Gasteiger partial charge in [0, 0.05) is 30.7 Å². The van der Waals surface area contributed by atoms with Crippen molar-refractivity contribution in [3.63, 3.8) is 0 Å². The molecule has 1 aliphatic heterocycles. The van der Waals surface area contributed by atoms with Crippen LogP contribution in [0.1, 0.15) is 56.6 Å². The molecule has 35 heavy (non-hydrogen) atoms. The standard InChI is InChI=1S/C26H36N4O4S/c1-7-22(31)28-20-17-25(2,3)30(26(4,5)18-20)35(33,34)23-14-13-21(29(23)6)24(32)27-16-15-19-11-9-8-10-12-19/h7-14,20H,1,15-18H2,2-6H3,(H,27,32)(H,28,31). The van der Waals surface area contributed by atoms with Crippen LogP contribution in [0.2, 0.25) is 0 Å². The van der Waals surface area contributed by atoms with E-state index in [1.54, 1.807) is 13.1 Å². The van der Waals surface area contributed by atoms with Crippen molar-refractivity contribution in [3.8, 4) is 0 Å². The Morgan fingerprint density at radius 1 is 1.06 bits per heavy atom. The van der Waals surface area contributed by atoms with Gasteiger partial charge < -0.3 is 15.2 Å². The quantitative estimate of drug-likeness (QED) is 0.544. The SMILES string of the molecule is C=CC(=O)NC1CC(C)(C)N(S(=O)(=O)c2ccc(C(=O)NCCc3ccccc3)n2C)C(C)(C)C1. The second-order valence-corrected chi connectivity index (χ2v) is 12.1. The average Bonchev–Trinajstić information content (AvgIpc) is 3.14. The molecule has 190 valence electrons. The van der Waals surface area contributed by atoms with Gasteiger partial charge in [-0.15, -0.1) is 0 Å². The molecule has 0 unspecified atom stereocenters. The molecule has 2 N–H and O–H groups in total. The lowest BCUT2D eigenvalue weighted by molar-refractivity contribution is -0.118. The first-order valence-corrected chi connectivity index (χ1v) is 13.2. The highest BCUT2D eigenvalue weighted by atomic mass is 32.2. The third-order valence-corrected chi connectivity index (χ3v) is 8.89. The fourth-order valence-electron chi connectivity index (χ4n) is 5.40. The Balaban J connectivity index is 1.81. The van der Waals surface area contributed by atoms with Crippen molar-refractivity contribution < 1.29 is 18.0 Å². The number of hydrogen-bond acceptors (Lipinski definition) is 4. The van der Waals surface area contributed by atoms with Crippen LogP contribution in [0.3, 0.4) is 0 Å². The van der Waals surface area contributed by atoms with Crippen LogP contribution in [0, 0.1) is 0 Å². The van der Waals surface area contributed by atoms with Gasteiger partial charge in [0.25, 0.3) is 15.9 Å². The van der Waals surface area contributed by atoms with Gasteiger partial charge in [-0.2, -0.15) is 4.31 Å². The number of benzene rings is 1. The molecule has 2 amide bonds. The van der Waals surface area contributed by atoms with E-state index in [2.05, 4.69) is 17.2 Å². The normalized spacial score (nSPS) is 18.1. The second kappa shape index (κ2) is 9.99. The molecular formula is C26H36N4O4S. The highest BCUT2D eigenvalue weighted by molar-refractivity contribution is 7.89. The predicted octanol–water partition coefficient (Wildman–Crippen LogP) is 3.01. The third-order valence-electron chi connectivity index (χ3n) is 6.48. The zero-order valence-corrected chi connectivity index (χ0v) is 22.0. The van der Waals surface area contributed by atoms with Gasteiger partial charge in [0.2, 0.25) is 5.91 Å². The van der Waals surface area contributed by atoms with Crippen LogP contribution in [-0.4, -0.2) is 52.8 Å². The second-order valence-electron chi connectivity index (χ2n) is 10.3. The van der Waals surface area contributed by atoms with Crippen LogP contribution in [-0.2, 0) is 28.3 Å². The third kappa shape index (κ3) is 5.67. The summed E-state index contributed by atoms with van der Waals surface area (Å²) in [5.74, 6) is -0.600. The van der Waals surface area contributed by atoms with E-state index in [0.29, 0.717) is 25.8 Å². The minimum Gasteiger partial charge on any atom is -0.350 e. The molecule has 0 atom stereocenters. The molecule has 9 heteroatoms. The fourth-order valence-corrected chi connectivity index (χ4v) is 7.73. The lowest BCUT2D eigenvalue weighted by Crippen LogP contribution is -2.65. The van der Waals surface area contributed by atoms with E-state index < -0.39 is 21.1 Å². The highest BCUT2D eigenvalue weighted by Gasteiger charge is 2.52. The lowest BCUT2D eigenvalue weighted by atomic mass is 9.79. The van der Waals surface area contributed by atoms with E-state index in [9.17, 15) is 18.0 Å². The molecule has 3 rings (SSSR count). The van der Waals surface area contributed by atoms with Crippen molar-refractivity contribution in [3.05, 3.63) is 66.4 Å². The zero-order chi connectivity index (χ0) is 26.0. The van der Waals surface area contributed by atoms with Crippen molar-refractivity contribution in [1.29, 1.82) is 0 Å². The molecule has 0 bridgehead atoms. The van der Waals surface area contributed by atoms with Crippen LogP contribution < -0.4 is 10.6 Å². The van der Waals surface area contributed by atoms with Crippen molar-refractivity contribution in [2.24, 2.45) is 7.05 Å². The number of rotatable bonds is 8. The molecule has 1 fully saturated rings. The molecular weight excluding hydrogens is 464 g/mol. The molecule has 2 aromatic rings. The Hall–Kier alpha value is -2.91. The zero-order valence-electron chi connectivity index (χ0n) is 21.2. The van der Waals surface area contributed by atoms with Crippen LogP contribution in [0.15, 0.2) is 60.1 Å². The van der Waals surface area contributed by atoms with E-state index in [0.717, 1.165) is 5.56 Å². The topological polar surface area (TPSA) is 101 Å². The average molecular weight is 501 g/mol. The number of aromatic nitrogens is 1. The molecule has 0 radical (unpaired) electrons. The minimum absolute atomic E-state index is 0.0560. The van der Waals surface area contributed by atoms with Crippen molar-refractivity contribution >= 4 is 21.8 Å². The van der Waals surface area contributed by atoms with Gasteiger partial charge in [-0.1, -0.05) is 36.9 Å². The number of hydrogen-bond donors (Lipinski definition) is 2. The first-order valence-electron chi connectivity index (χ1n) is 11.8. The molecule has 1 aliphatic rings. The first-order chi connectivity index (χ1) is 16.3. The summed E-state index contributed by atoms with van der Waals surface area (Å²) in [4.78, 5) is 24.7. The largest absolute Gasteiger partial charge is 0.350 e. The molecule has 2 heterocycles. The van der Waals surface area contributed by atoms with Crippen LogP contribution in [0.25, 0.3) is 0 Å². The number of piperidine rings is 1. The molecule has 0 saturated carbocycles. The first kappa shape index (κ1) is 26.7. The van der Waals surface area contributed by atoms with E-state index in [4.69, 9.17) is 0 Å². The number of nitrogens with one attached hydrogen (secondary N) is 2. The Kier molecular flexibility index (Phi) is 7.62. The number of nitrogens with zero attached hydrogens (tertiary/aromatic N) is 2. The number of carbonyl (C=O) groups excluding carboxylic acids is 2. The summed E-state index contributed by atoms with van der Waals surface area (Å²) in [5, 5.41) is 5.85. The van der Waals surface area contributed by atoms with Crippen LogP contribution >= 0.6 is 0 Å². The Bertz CT molecular complexity index is 1180. The van der Waals surface area contributed by atoms with E-state index in [1.807, 2.05) is 58.0 Å². The van der Waals surface area contributed by atoms with Crippen molar-refractivity contribution in [2.75, 3.05) is 6.54 Å². The molecule has 0 spiro atoms. The summed E-state index contributed by atoms with van der Waals surface area (Å²) in [6, 6.07) is 12.7. The molecule has 1 aromatic heterocycles. The molecule has 1 saturated heterocycles. The predicted molar refractivity (Wildman–Crippen MR) is 136 cm³/mol. The van der Waals surface area contributed by atoms with Crippen molar-refractivity contribution in [1.82, 2.24) is 19.5 Å². The van der Waals surface area contributed by atoms with E-state index in [1.165, 1.54) is 21.0 Å². The fraction of sp³-hybridized carbons (Fsp3) is 0.462. The van der Waals surface area contributed by atoms with Gasteiger partial charge >= 0.3 is 0 Å². The van der Waals surface area contributed by atoms with E-state index in [-0.39, 0.29) is 28.6 Å². The lowest BCUT2D eigenvalue weighted by Gasteiger charge is -2.53. The summed E-state index contributed by atoms with van der Waals surface area (Å²) in [5.41, 5.74) is -0.162. The molecule has 1 aromatic carbocycles. The van der Waals surface area contributed by atoms with Gasteiger partial charge in [0.15, 0.2) is 5.03 Å². The van der Waals surface area contributed by atoms with Gasteiger partial charge in [0.05, 0.1) is 0 Å². The number of sulfonamides is 1. The Morgan fingerprint density at radius 3 is 2.23 bits per heavy atom. The van der Waals surface area contributed by atoms with Gasteiger partial charge in [0.1, 0.15) is 5.69 Å². The van der Waals surface area contributed by atoms with Crippen LogP contribution in [0.4, 0.5) is 0 Å². The number of carbonyl (C=O) groups is 2. The maximum Gasteiger partial charge on any atom is 0.267 e. The highest BCUT2D eigenvalue weighted by Crippen LogP contribution is 2.42. The summed E-state index contributed by atoms with van der Waals surface area (Å²) >= 11 is 0. The minimum atomic E-state index is -3.96. The Labute approximate surface area is 208 Å². The monoisotopic (exact) mass is 500 g/mol. The number of amides is 2. The summed E-state index contributed by atoms with van der Waals surface area (Å²) < 4.78 is 30.8. The smallest absolute Gasteiger partial charge is 0.267 e.